The topological polar surface area (TPSA) is 75.0 Å². The van der Waals surface area contributed by atoms with E-state index in [0.717, 1.165) is 6.42 Å². The number of carbonyl (C=O) groups is 2. The molecule has 2 heterocycles. The van der Waals surface area contributed by atoms with Crippen LogP contribution in [0.5, 0.6) is 5.75 Å². The zero-order valence-corrected chi connectivity index (χ0v) is 14.8. The van der Waals surface area contributed by atoms with Crippen LogP contribution in [0.2, 0.25) is 0 Å². The van der Waals surface area contributed by atoms with Gasteiger partial charge in [-0.15, -0.1) is 0 Å². The fourth-order valence-corrected chi connectivity index (χ4v) is 2.77. The van der Waals surface area contributed by atoms with E-state index < -0.39 is 0 Å². The summed E-state index contributed by atoms with van der Waals surface area (Å²) in [6, 6.07) is 10.5. The summed E-state index contributed by atoms with van der Waals surface area (Å²) in [6.07, 6.45) is 2.38. The Balaban J connectivity index is 1.55. The van der Waals surface area contributed by atoms with Crippen molar-refractivity contribution in [2.75, 3.05) is 38.1 Å². The van der Waals surface area contributed by atoms with Gasteiger partial charge in [0.25, 0.3) is 5.91 Å². The SMILES string of the molecule is CCCOc1ccccc1NC(=O)N1CCN(C(=O)c2ccco2)CC1. The fourth-order valence-electron chi connectivity index (χ4n) is 2.77. The molecule has 1 saturated heterocycles. The zero-order valence-electron chi connectivity index (χ0n) is 14.8. The van der Waals surface area contributed by atoms with Crippen molar-refractivity contribution < 1.29 is 18.7 Å². The summed E-state index contributed by atoms with van der Waals surface area (Å²) in [5, 5.41) is 2.90. The summed E-state index contributed by atoms with van der Waals surface area (Å²) in [6.45, 7) is 4.51. The lowest BCUT2D eigenvalue weighted by Gasteiger charge is -2.34. The largest absolute Gasteiger partial charge is 0.491 e. The number of nitrogens with zero attached hydrogens (tertiary/aromatic N) is 2. The molecule has 0 aliphatic carbocycles. The molecule has 0 unspecified atom stereocenters. The number of nitrogens with one attached hydrogen (secondary N) is 1. The van der Waals surface area contributed by atoms with Gasteiger partial charge in [0.15, 0.2) is 5.76 Å². The summed E-state index contributed by atoms with van der Waals surface area (Å²) in [4.78, 5) is 28.2. The van der Waals surface area contributed by atoms with E-state index in [4.69, 9.17) is 9.15 Å². The highest BCUT2D eigenvalue weighted by atomic mass is 16.5. The van der Waals surface area contributed by atoms with Crippen LogP contribution in [0, 0.1) is 0 Å². The highest BCUT2D eigenvalue weighted by Gasteiger charge is 2.26. The predicted molar refractivity (Wildman–Crippen MR) is 97.4 cm³/mol. The number of benzene rings is 1. The Morgan fingerprint density at radius 2 is 1.81 bits per heavy atom. The van der Waals surface area contributed by atoms with Gasteiger partial charge in [0.2, 0.25) is 0 Å². The van der Waals surface area contributed by atoms with Gasteiger partial charge in [0, 0.05) is 26.2 Å². The first-order chi connectivity index (χ1) is 12.7. The predicted octanol–water partition coefficient (Wildman–Crippen LogP) is 3.06. The van der Waals surface area contributed by atoms with Gasteiger partial charge in [-0.2, -0.15) is 0 Å². The third kappa shape index (κ3) is 4.17. The number of furan rings is 1. The van der Waals surface area contributed by atoms with Crippen molar-refractivity contribution in [3.05, 3.63) is 48.4 Å². The normalized spacial score (nSPS) is 14.2. The van der Waals surface area contributed by atoms with Crippen LogP contribution < -0.4 is 10.1 Å². The molecule has 1 N–H and O–H groups in total. The van der Waals surface area contributed by atoms with Crippen LogP contribution in [-0.4, -0.2) is 54.5 Å². The maximum absolute atomic E-state index is 12.5. The molecule has 1 aromatic carbocycles. The van der Waals surface area contributed by atoms with Crippen LogP contribution in [0.25, 0.3) is 0 Å². The number of piperazine rings is 1. The summed E-state index contributed by atoms with van der Waals surface area (Å²) >= 11 is 0. The molecule has 3 amide bonds. The number of amides is 3. The molecule has 0 saturated carbocycles. The molecule has 138 valence electrons. The first kappa shape index (κ1) is 17.8. The van der Waals surface area contributed by atoms with Crippen molar-refractivity contribution in [2.24, 2.45) is 0 Å². The Bertz CT molecular complexity index is 737. The number of ether oxygens (including phenoxy) is 1. The molecule has 3 rings (SSSR count). The van der Waals surface area contributed by atoms with E-state index in [1.165, 1.54) is 6.26 Å². The molecular formula is C19H23N3O4. The zero-order chi connectivity index (χ0) is 18.4. The average molecular weight is 357 g/mol. The van der Waals surface area contributed by atoms with E-state index in [1.807, 2.05) is 31.2 Å². The lowest BCUT2D eigenvalue weighted by molar-refractivity contribution is 0.0640. The third-order valence-electron chi connectivity index (χ3n) is 4.18. The lowest BCUT2D eigenvalue weighted by Crippen LogP contribution is -2.51. The summed E-state index contributed by atoms with van der Waals surface area (Å²) < 4.78 is 10.8. The second-order valence-corrected chi connectivity index (χ2v) is 6.03. The van der Waals surface area contributed by atoms with Crippen molar-refractivity contribution >= 4 is 17.6 Å². The Kier molecular flexibility index (Phi) is 5.78. The maximum Gasteiger partial charge on any atom is 0.322 e. The van der Waals surface area contributed by atoms with Gasteiger partial charge in [-0.3, -0.25) is 4.79 Å². The minimum absolute atomic E-state index is 0.145. The fraction of sp³-hybridized carbons (Fsp3) is 0.368. The smallest absolute Gasteiger partial charge is 0.322 e. The van der Waals surface area contributed by atoms with Gasteiger partial charge in [-0.05, 0) is 30.7 Å². The van der Waals surface area contributed by atoms with Gasteiger partial charge in [0.1, 0.15) is 5.75 Å². The van der Waals surface area contributed by atoms with Gasteiger partial charge in [-0.25, -0.2) is 4.79 Å². The molecule has 1 aliphatic heterocycles. The van der Waals surface area contributed by atoms with Crippen LogP contribution >= 0.6 is 0 Å². The molecule has 26 heavy (non-hydrogen) atoms. The second-order valence-electron chi connectivity index (χ2n) is 6.03. The monoisotopic (exact) mass is 357 g/mol. The molecule has 0 radical (unpaired) electrons. The number of hydrogen-bond acceptors (Lipinski definition) is 4. The molecular weight excluding hydrogens is 334 g/mol. The van der Waals surface area contributed by atoms with Gasteiger partial charge >= 0.3 is 6.03 Å². The van der Waals surface area contributed by atoms with E-state index in [9.17, 15) is 9.59 Å². The van der Waals surface area contributed by atoms with Gasteiger partial charge < -0.3 is 24.3 Å². The highest BCUT2D eigenvalue weighted by Crippen LogP contribution is 2.24. The molecule has 0 bridgehead atoms. The van der Waals surface area contributed by atoms with E-state index in [1.54, 1.807) is 21.9 Å². The van der Waals surface area contributed by atoms with E-state index >= 15 is 0 Å². The summed E-state index contributed by atoms with van der Waals surface area (Å²) in [7, 11) is 0. The Hall–Kier alpha value is -2.96. The molecule has 0 spiro atoms. The van der Waals surface area contributed by atoms with Crippen molar-refractivity contribution in [3.63, 3.8) is 0 Å². The second kappa shape index (κ2) is 8.42. The molecule has 7 heteroatoms. The maximum atomic E-state index is 12.5. The number of anilines is 1. The number of carbonyl (C=O) groups excluding carboxylic acids is 2. The number of hydrogen-bond donors (Lipinski definition) is 1. The van der Waals surface area contributed by atoms with Gasteiger partial charge in [0.05, 0.1) is 18.6 Å². The van der Waals surface area contributed by atoms with Crippen molar-refractivity contribution in [1.29, 1.82) is 0 Å². The molecule has 7 nitrogen and oxygen atoms in total. The van der Waals surface area contributed by atoms with E-state index in [2.05, 4.69) is 5.32 Å². The molecule has 1 fully saturated rings. The quantitative estimate of drug-likeness (QED) is 0.892. The number of rotatable bonds is 5. The van der Waals surface area contributed by atoms with E-state index in [-0.39, 0.29) is 11.9 Å². The number of urea groups is 1. The molecule has 0 atom stereocenters. The average Bonchev–Trinajstić information content (AvgIpc) is 3.21. The highest BCUT2D eigenvalue weighted by molar-refractivity contribution is 5.93. The lowest BCUT2D eigenvalue weighted by atomic mass is 10.2. The molecule has 1 aromatic heterocycles. The third-order valence-corrected chi connectivity index (χ3v) is 4.18. The minimum Gasteiger partial charge on any atom is -0.491 e. The molecule has 1 aliphatic rings. The van der Waals surface area contributed by atoms with Crippen LogP contribution in [0.4, 0.5) is 10.5 Å². The van der Waals surface area contributed by atoms with Crippen LogP contribution in [0.1, 0.15) is 23.9 Å². The Morgan fingerprint density at radius 1 is 1.08 bits per heavy atom. The number of para-hydroxylation sites is 2. The first-order valence-corrected chi connectivity index (χ1v) is 8.79. The standard InChI is InChI=1S/C19H23N3O4/c1-2-13-25-16-7-4-3-6-15(16)20-19(24)22-11-9-21(10-12-22)18(23)17-8-5-14-26-17/h3-8,14H,2,9-13H2,1H3,(H,20,24). The first-order valence-electron chi connectivity index (χ1n) is 8.79. The van der Waals surface area contributed by atoms with Crippen LogP contribution in [0.3, 0.4) is 0 Å². The summed E-state index contributed by atoms with van der Waals surface area (Å²) in [5.74, 6) is 0.840. The van der Waals surface area contributed by atoms with Gasteiger partial charge in [-0.1, -0.05) is 19.1 Å². The van der Waals surface area contributed by atoms with Crippen molar-refractivity contribution in [2.45, 2.75) is 13.3 Å². The molecule has 2 aromatic rings. The minimum atomic E-state index is -0.192. The van der Waals surface area contributed by atoms with E-state index in [0.29, 0.717) is 50.0 Å². The van der Waals surface area contributed by atoms with Crippen LogP contribution in [0.15, 0.2) is 47.1 Å². The Morgan fingerprint density at radius 3 is 2.50 bits per heavy atom. The Labute approximate surface area is 152 Å². The van der Waals surface area contributed by atoms with Crippen molar-refractivity contribution in [3.8, 4) is 5.75 Å². The van der Waals surface area contributed by atoms with Crippen molar-refractivity contribution in [1.82, 2.24) is 9.80 Å². The van der Waals surface area contributed by atoms with Crippen LogP contribution in [-0.2, 0) is 0 Å². The summed E-state index contributed by atoms with van der Waals surface area (Å²) in [5.41, 5.74) is 0.653.